The molecule has 1 aromatic carbocycles. The Balaban J connectivity index is 2.29. The maximum absolute atomic E-state index is 12.0. The highest BCUT2D eigenvalue weighted by atomic mass is 16.1. The highest BCUT2D eigenvalue weighted by molar-refractivity contribution is 5.76. The van der Waals surface area contributed by atoms with E-state index < -0.39 is 0 Å². The first-order valence-electron chi connectivity index (χ1n) is 8.04. The van der Waals surface area contributed by atoms with Gasteiger partial charge >= 0.3 is 0 Å². The second kappa shape index (κ2) is 9.56. The summed E-state index contributed by atoms with van der Waals surface area (Å²) in [6.07, 6.45) is 3.52. The number of nitrogens with two attached hydrogens (primary N) is 1. The summed E-state index contributed by atoms with van der Waals surface area (Å²) in [7, 11) is 0. The van der Waals surface area contributed by atoms with Crippen molar-refractivity contribution in [2.24, 2.45) is 17.6 Å². The van der Waals surface area contributed by atoms with E-state index in [0.29, 0.717) is 24.8 Å². The van der Waals surface area contributed by atoms with E-state index in [1.165, 1.54) is 5.56 Å². The molecule has 0 aliphatic heterocycles. The minimum atomic E-state index is 0.131. The Bertz CT molecular complexity index is 403. The van der Waals surface area contributed by atoms with Gasteiger partial charge in [-0.1, -0.05) is 44.2 Å². The van der Waals surface area contributed by atoms with Gasteiger partial charge in [-0.3, -0.25) is 4.79 Å². The third-order valence-electron chi connectivity index (χ3n) is 3.73. The number of carbonyl (C=O) groups is 1. The summed E-state index contributed by atoms with van der Waals surface area (Å²) in [6, 6.07) is 10.6. The quantitative estimate of drug-likeness (QED) is 0.734. The molecule has 1 amide bonds. The maximum atomic E-state index is 12.0. The average molecular weight is 290 g/mol. The Kier molecular flexibility index (Phi) is 8.06. The molecule has 3 N–H and O–H groups in total. The molecule has 0 saturated carbocycles. The van der Waals surface area contributed by atoms with Crippen LogP contribution in [-0.2, 0) is 11.2 Å². The first-order chi connectivity index (χ1) is 10.0. The lowest BCUT2D eigenvalue weighted by molar-refractivity contribution is -0.122. The van der Waals surface area contributed by atoms with Crippen molar-refractivity contribution in [1.29, 1.82) is 0 Å². The number of aryl methyl sites for hydroxylation is 1. The zero-order valence-corrected chi connectivity index (χ0v) is 13.6. The van der Waals surface area contributed by atoms with E-state index in [-0.39, 0.29) is 11.9 Å². The van der Waals surface area contributed by atoms with Gasteiger partial charge in [-0.2, -0.15) is 0 Å². The molecular formula is C18H30N2O. The Morgan fingerprint density at radius 1 is 1.19 bits per heavy atom. The second-order valence-electron chi connectivity index (χ2n) is 6.43. The van der Waals surface area contributed by atoms with Gasteiger partial charge in [0.25, 0.3) is 0 Å². The van der Waals surface area contributed by atoms with Crippen LogP contribution in [0.5, 0.6) is 0 Å². The van der Waals surface area contributed by atoms with Crippen molar-refractivity contribution in [3.63, 3.8) is 0 Å². The van der Waals surface area contributed by atoms with Gasteiger partial charge in [0.1, 0.15) is 0 Å². The van der Waals surface area contributed by atoms with Gasteiger partial charge in [0, 0.05) is 12.5 Å². The standard InChI is InChI=1S/C18H30N2O/c1-14(2)11-17(13-19)12-18(21)20-15(3)9-10-16-7-5-4-6-8-16/h4-8,14-15,17H,9-13,19H2,1-3H3,(H,20,21). The number of nitrogens with one attached hydrogen (secondary N) is 1. The van der Waals surface area contributed by atoms with Crippen molar-refractivity contribution >= 4 is 5.91 Å². The first kappa shape index (κ1) is 17.7. The number of rotatable bonds is 9. The van der Waals surface area contributed by atoms with Crippen LogP contribution in [0.15, 0.2) is 30.3 Å². The lowest BCUT2D eigenvalue weighted by atomic mass is 9.94. The van der Waals surface area contributed by atoms with Gasteiger partial charge in [-0.15, -0.1) is 0 Å². The minimum Gasteiger partial charge on any atom is -0.354 e. The normalized spacial score (nSPS) is 14.0. The average Bonchev–Trinajstić information content (AvgIpc) is 2.45. The Morgan fingerprint density at radius 3 is 2.43 bits per heavy atom. The first-order valence-corrected chi connectivity index (χ1v) is 8.04. The third-order valence-corrected chi connectivity index (χ3v) is 3.73. The fourth-order valence-electron chi connectivity index (χ4n) is 2.63. The Hall–Kier alpha value is -1.35. The fourth-order valence-corrected chi connectivity index (χ4v) is 2.63. The number of hydrogen-bond donors (Lipinski definition) is 2. The van der Waals surface area contributed by atoms with Crippen LogP contribution < -0.4 is 11.1 Å². The lowest BCUT2D eigenvalue weighted by Crippen LogP contribution is -2.35. The molecule has 2 unspecified atom stereocenters. The molecule has 3 nitrogen and oxygen atoms in total. The van der Waals surface area contributed by atoms with E-state index in [1.807, 2.05) is 6.07 Å². The summed E-state index contributed by atoms with van der Waals surface area (Å²) in [5.41, 5.74) is 7.07. The van der Waals surface area contributed by atoms with Gasteiger partial charge in [-0.05, 0) is 50.1 Å². The molecule has 2 atom stereocenters. The molecule has 1 rings (SSSR count). The van der Waals surface area contributed by atoms with E-state index in [0.717, 1.165) is 19.3 Å². The molecule has 0 aromatic heterocycles. The molecule has 0 heterocycles. The van der Waals surface area contributed by atoms with Gasteiger partial charge < -0.3 is 11.1 Å². The van der Waals surface area contributed by atoms with Gasteiger partial charge in [-0.25, -0.2) is 0 Å². The van der Waals surface area contributed by atoms with E-state index in [4.69, 9.17) is 5.73 Å². The molecule has 0 aliphatic carbocycles. The van der Waals surface area contributed by atoms with Crippen molar-refractivity contribution in [3.8, 4) is 0 Å². The van der Waals surface area contributed by atoms with Crippen LogP contribution in [0.2, 0.25) is 0 Å². The highest BCUT2D eigenvalue weighted by Gasteiger charge is 2.15. The number of hydrogen-bond acceptors (Lipinski definition) is 2. The van der Waals surface area contributed by atoms with Gasteiger partial charge in [0.05, 0.1) is 0 Å². The number of amides is 1. The maximum Gasteiger partial charge on any atom is 0.220 e. The van der Waals surface area contributed by atoms with Crippen molar-refractivity contribution in [1.82, 2.24) is 5.32 Å². The minimum absolute atomic E-state index is 0.131. The zero-order valence-electron chi connectivity index (χ0n) is 13.6. The van der Waals surface area contributed by atoms with Crippen LogP contribution in [-0.4, -0.2) is 18.5 Å². The Labute approximate surface area is 129 Å². The van der Waals surface area contributed by atoms with E-state index in [2.05, 4.69) is 50.4 Å². The zero-order chi connectivity index (χ0) is 15.7. The topological polar surface area (TPSA) is 55.1 Å². The van der Waals surface area contributed by atoms with Crippen LogP contribution in [0.3, 0.4) is 0 Å². The molecule has 0 fully saturated rings. The van der Waals surface area contributed by atoms with Crippen LogP contribution in [0, 0.1) is 11.8 Å². The Morgan fingerprint density at radius 2 is 1.86 bits per heavy atom. The summed E-state index contributed by atoms with van der Waals surface area (Å²) < 4.78 is 0. The van der Waals surface area contributed by atoms with Crippen LogP contribution >= 0.6 is 0 Å². The molecule has 3 heteroatoms. The van der Waals surface area contributed by atoms with Crippen LogP contribution in [0.1, 0.15) is 45.6 Å². The van der Waals surface area contributed by atoms with Crippen LogP contribution in [0.4, 0.5) is 0 Å². The largest absolute Gasteiger partial charge is 0.354 e. The number of carbonyl (C=O) groups excluding carboxylic acids is 1. The highest BCUT2D eigenvalue weighted by Crippen LogP contribution is 2.14. The number of benzene rings is 1. The summed E-state index contributed by atoms with van der Waals surface area (Å²) >= 11 is 0. The van der Waals surface area contributed by atoms with Gasteiger partial charge in [0.15, 0.2) is 0 Å². The molecule has 0 saturated heterocycles. The molecular weight excluding hydrogens is 260 g/mol. The third kappa shape index (κ3) is 7.86. The van der Waals surface area contributed by atoms with Gasteiger partial charge in [0.2, 0.25) is 5.91 Å². The van der Waals surface area contributed by atoms with Crippen molar-refractivity contribution in [2.45, 2.75) is 52.5 Å². The van der Waals surface area contributed by atoms with E-state index in [1.54, 1.807) is 0 Å². The van der Waals surface area contributed by atoms with E-state index >= 15 is 0 Å². The van der Waals surface area contributed by atoms with Crippen molar-refractivity contribution in [3.05, 3.63) is 35.9 Å². The SMILES string of the molecule is CC(C)CC(CN)CC(=O)NC(C)CCc1ccccc1. The smallest absolute Gasteiger partial charge is 0.220 e. The molecule has 0 radical (unpaired) electrons. The summed E-state index contributed by atoms with van der Waals surface area (Å²) in [5.74, 6) is 1.01. The predicted octanol–water partition coefficient (Wildman–Crippen LogP) is 3.14. The monoisotopic (exact) mass is 290 g/mol. The molecule has 0 bridgehead atoms. The summed E-state index contributed by atoms with van der Waals surface area (Å²) in [4.78, 5) is 12.0. The lowest BCUT2D eigenvalue weighted by Gasteiger charge is -2.19. The fraction of sp³-hybridized carbons (Fsp3) is 0.611. The second-order valence-corrected chi connectivity index (χ2v) is 6.43. The molecule has 0 aliphatic rings. The summed E-state index contributed by atoms with van der Waals surface area (Å²) in [6.45, 7) is 7.00. The van der Waals surface area contributed by atoms with Crippen LogP contribution in [0.25, 0.3) is 0 Å². The molecule has 21 heavy (non-hydrogen) atoms. The molecule has 0 spiro atoms. The van der Waals surface area contributed by atoms with Crippen molar-refractivity contribution < 1.29 is 4.79 Å². The van der Waals surface area contributed by atoms with Crippen molar-refractivity contribution in [2.75, 3.05) is 6.54 Å². The predicted molar refractivity (Wildman–Crippen MR) is 89.0 cm³/mol. The molecule has 1 aromatic rings. The molecule has 118 valence electrons. The van der Waals surface area contributed by atoms with E-state index in [9.17, 15) is 4.79 Å². The summed E-state index contributed by atoms with van der Waals surface area (Å²) in [5, 5.41) is 3.09.